The van der Waals surface area contributed by atoms with Gasteiger partial charge in [-0.25, -0.2) is 8.78 Å². The summed E-state index contributed by atoms with van der Waals surface area (Å²) in [4.78, 5) is 0. The van der Waals surface area contributed by atoms with E-state index in [1.54, 1.807) is 6.92 Å². The number of benzene rings is 3. The summed E-state index contributed by atoms with van der Waals surface area (Å²) in [5.41, 5.74) is 0.601. The molecule has 2 fully saturated rings. The molecule has 3 aromatic carbocycles. The quantitative estimate of drug-likeness (QED) is 0.210. The van der Waals surface area contributed by atoms with E-state index in [-0.39, 0.29) is 35.2 Å². The van der Waals surface area contributed by atoms with Gasteiger partial charge in [-0.15, -0.1) is 0 Å². The predicted octanol–water partition coefficient (Wildman–Crippen LogP) is 9.55. The standard InChI is InChI=1S/C35H40F4O3/c1-3-5-22-8-12-27(13-9-22)41-20-23-6-10-26-19-24(7-11-25(26)18-23)21-42-31-17-15-29(33(37)35(31)39)28-14-16-30(40-4-2)34(38)32(28)36/h8-9,12-17,23-26H,3-7,10-11,18-21H2,1-2H3. The third-order valence-corrected chi connectivity index (χ3v) is 8.94. The van der Waals surface area contributed by atoms with Crippen LogP contribution in [0.1, 0.15) is 64.4 Å². The van der Waals surface area contributed by atoms with E-state index in [0.29, 0.717) is 24.4 Å². The van der Waals surface area contributed by atoms with E-state index in [9.17, 15) is 17.6 Å². The molecule has 0 spiro atoms. The summed E-state index contributed by atoms with van der Waals surface area (Å²) in [7, 11) is 0. The van der Waals surface area contributed by atoms with Crippen molar-refractivity contribution in [2.75, 3.05) is 19.8 Å². The van der Waals surface area contributed by atoms with Gasteiger partial charge in [0.2, 0.25) is 11.6 Å². The first-order chi connectivity index (χ1) is 20.4. The zero-order valence-corrected chi connectivity index (χ0v) is 24.4. The summed E-state index contributed by atoms with van der Waals surface area (Å²) in [5.74, 6) is -2.45. The predicted molar refractivity (Wildman–Crippen MR) is 156 cm³/mol. The van der Waals surface area contributed by atoms with Gasteiger partial charge in [0.15, 0.2) is 23.1 Å². The number of aryl methyl sites for hydroxylation is 1. The fourth-order valence-electron chi connectivity index (χ4n) is 6.71. The minimum atomic E-state index is -1.29. The molecule has 2 saturated carbocycles. The van der Waals surface area contributed by atoms with E-state index < -0.39 is 23.3 Å². The molecular formula is C35H40F4O3. The number of hydrogen-bond acceptors (Lipinski definition) is 3. The molecule has 4 atom stereocenters. The number of rotatable bonds is 11. The number of ether oxygens (including phenoxy) is 3. The van der Waals surface area contributed by atoms with Gasteiger partial charge in [0, 0.05) is 11.1 Å². The van der Waals surface area contributed by atoms with Crippen LogP contribution in [0.5, 0.6) is 17.2 Å². The molecule has 3 nitrogen and oxygen atoms in total. The second-order valence-electron chi connectivity index (χ2n) is 11.8. The van der Waals surface area contributed by atoms with Crippen molar-refractivity contribution in [1.82, 2.24) is 0 Å². The SMILES string of the molecule is CCCc1ccc(OCC2CCC3CC(COc4ccc(-c5ccc(OCC)c(F)c5F)c(F)c4F)CCC3C2)cc1. The average Bonchev–Trinajstić information content (AvgIpc) is 3.00. The summed E-state index contributed by atoms with van der Waals surface area (Å²) >= 11 is 0. The maximum Gasteiger partial charge on any atom is 0.201 e. The maximum absolute atomic E-state index is 15.0. The Morgan fingerprint density at radius 1 is 0.595 bits per heavy atom. The number of hydrogen-bond donors (Lipinski definition) is 0. The van der Waals surface area contributed by atoms with Gasteiger partial charge in [0.25, 0.3) is 0 Å². The summed E-state index contributed by atoms with van der Waals surface area (Å²) in [6.45, 7) is 5.02. The van der Waals surface area contributed by atoms with Crippen LogP contribution in [0.3, 0.4) is 0 Å². The second kappa shape index (κ2) is 13.8. The zero-order chi connectivity index (χ0) is 29.6. The van der Waals surface area contributed by atoms with Crippen molar-refractivity contribution in [2.45, 2.75) is 65.2 Å². The topological polar surface area (TPSA) is 27.7 Å². The highest BCUT2D eigenvalue weighted by molar-refractivity contribution is 5.67. The van der Waals surface area contributed by atoms with Crippen molar-refractivity contribution in [2.24, 2.45) is 23.7 Å². The molecule has 0 bridgehead atoms. The lowest BCUT2D eigenvalue weighted by atomic mass is 9.65. The van der Waals surface area contributed by atoms with E-state index in [0.717, 1.165) is 63.7 Å². The van der Waals surface area contributed by atoms with Crippen molar-refractivity contribution >= 4 is 0 Å². The number of halogens is 4. The van der Waals surface area contributed by atoms with Crippen LogP contribution < -0.4 is 14.2 Å². The van der Waals surface area contributed by atoms with E-state index >= 15 is 0 Å². The molecule has 42 heavy (non-hydrogen) atoms. The lowest BCUT2D eigenvalue weighted by Gasteiger charge is -2.42. The van der Waals surface area contributed by atoms with Gasteiger partial charge in [-0.2, -0.15) is 8.78 Å². The maximum atomic E-state index is 15.0. The molecule has 0 aromatic heterocycles. The Morgan fingerprint density at radius 3 is 1.64 bits per heavy atom. The molecule has 4 unspecified atom stereocenters. The first-order valence-corrected chi connectivity index (χ1v) is 15.3. The van der Waals surface area contributed by atoms with E-state index in [2.05, 4.69) is 31.2 Å². The molecular weight excluding hydrogens is 544 g/mol. The first kappa shape index (κ1) is 30.2. The Labute approximate surface area is 246 Å². The van der Waals surface area contributed by atoms with Gasteiger partial charge < -0.3 is 14.2 Å². The first-order valence-electron chi connectivity index (χ1n) is 15.3. The van der Waals surface area contributed by atoms with Crippen LogP contribution in [0.25, 0.3) is 11.1 Å². The van der Waals surface area contributed by atoms with Crippen LogP contribution in [-0.4, -0.2) is 19.8 Å². The minimum absolute atomic E-state index is 0.150. The lowest BCUT2D eigenvalue weighted by molar-refractivity contribution is 0.0616. The molecule has 0 aliphatic heterocycles. The molecule has 2 aliphatic rings. The Morgan fingerprint density at radius 2 is 1.12 bits per heavy atom. The normalized spacial score (nSPS) is 22.0. The van der Waals surface area contributed by atoms with Crippen LogP contribution >= 0.6 is 0 Å². The van der Waals surface area contributed by atoms with Gasteiger partial charge in [0.1, 0.15) is 5.75 Å². The molecule has 7 heteroatoms. The Bertz CT molecular complexity index is 1340. The Balaban J connectivity index is 1.12. The van der Waals surface area contributed by atoms with Crippen LogP contribution in [0.2, 0.25) is 0 Å². The molecule has 0 heterocycles. The molecule has 226 valence electrons. The number of fused-ring (bicyclic) bond motifs is 1. The smallest absolute Gasteiger partial charge is 0.201 e. The van der Waals surface area contributed by atoms with Gasteiger partial charge in [-0.05, 0) is 118 Å². The Hall–Kier alpha value is -3.22. The van der Waals surface area contributed by atoms with Crippen LogP contribution in [-0.2, 0) is 6.42 Å². The zero-order valence-electron chi connectivity index (χ0n) is 24.4. The second-order valence-corrected chi connectivity index (χ2v) is 11.8. The highest BCUT2D eigenvalue weighted by Crippen LogP contribution is 2.45. The van der Waals surface area contributed by atoms with Gasteiger partial charge in [-0.1, -0.05) is 25.5 Å². The van der Waals surface area contributed by atoms with Crippen molar-refractivity contribution in [3.63, 3.8) is 0 Å². The van der Waals surface area contributed by atoms with Gasteiger partial charge in [0.05, 0.1) is 19.8 Å². The minimum Gasteiger partial charge on any atom is -0.493 e. The van der Waals surface area contributed by atoms with E-state index in [4.69, 9.17) is 14.2 Å². The summed E-state index contributed by atoms with van der Waals surface area (Å²) in [5, 5.41) is 0. The fraction of sp³-hybridized carbons (Fsp3) is 0.486. The Kier molecular flexibility index (Phi) is 9.96. The van der Waals surface area contributed by atoms with Gasteiger partial charge in [-0.3, -0.25) is 0 Å². The highest BCUT2D eigenvalue weighted by Gasteiger charge is 2.36. The van der Waals surface area contributed by atoms with E-state index in [1.165, 1.54) is 29.8 Å². The van der Waals surface area contributed by atoms with Crippen molar-refractivity contribution in [1.29, 1.82) is 0 Å². The monoisotopic (exact) mass is 584 g/mol. The largest absolute Gasteiger partial charge is 0.493 e. The average molecular weight is 585 g/mol. The molecule has 5 rings (SSSR count). The van der Waals surface area contributed by atoms with Crippen LogP contribution in [0, 0.1) is 46.9 Å². The summed E-state index contributed by atoms with van der Waals surface area (Å²) in [6.07, 6.45) is 8.75. The van der Waals surface area contributed by atoms with Crippen LogP contribution in [0.4, 0.5) is 17.6 Å². The molecule has 0 saturated heterocycles. The fourth-order valence-corrected chi connectivity index (χ4v) is 6.71. The third-order valence-electron chi connectivity index (χ3n) is 8.94. The third kappa shape index (κ3) is 6.87. The van der Waals surface area contributed by atoms with E-state index in [1.807, 2.05) is 0 Å². The molecule has 0 amide bonds. The van der Waals surface area contributed by atoms with Crippen LogP contribution in [0.15, 0.2) is 48.5 Å². The molecule has 0 N–H and O–H groups in total. The molecule has 0 radical (unpaired) electrons. The van der Waals surface area contributed by atoms with Crippen molar-refractivity contribution < 1.29 is 31.8 Å². The lowest BCUT2D eigenvalue weighted by Crippen LogP contribution is -2.34. The van der Waals surface area contributed by atoms with Gasteiger partial charge >= 0.3 is 0 Å². The highest BCUT2D eigenvalue weighted by atomic mass is 19.2. The molecule has 3 aromatic rings. The van der Waals surface area contributed by atoms with Crippen molar-refractivity contribution in [3.05, 3.63) is 77.4 Å². The molecule has 2 aliphatic carbocycles. The summed E-state index contributed by atoms with van der Waals surface area (Å²) in [6, 6.07) is 13.4. The van der Waals surface area contributed by atoms with Crippen molar-refractivity contribution in [3.8, 4) is 28.4 Å². The summed E-state index contributed by atoms with van der Waals surface area (Å²) < 4.78 is 75.7.